The molecule has 1 aromatic heterocycles. The molecule has 6 heteroatoms. The molecule has 0 bridgehead atoms. The minimum absolute atomic E-state index is 0.0517. The van der Waals surface area contributed by atoms with Crippen molar-refractivity contribution in [2.45, 2.75) is 50.1 Å². The maximum atomic E-state index is 13.2. The lowest BCUT2D eigenvalue weighted by atomic mass is 10.1. The van der Waals surface area contributed by atoms with E-state index >= 15 is 0 Å². The topological polar surface area (TPSA) is 72.2 Å². The first-order valence-corrected chi connectivity index (χ1v) is 10.5. The Kier molecular flexibility index (Phi) is 5.37. The highest BCUT2D eigenvalue weighted by molar-refractivity contribution is 7.91. The summed E-state index contributed by atoms with van der Waals surface area (Å²) in [6.07, 6.45) is 0.824. The van der Waals surface area contributed by atoms with Gasteiger partial charge < -0.3 is 9.73 Å². The molecule has 0 amide bonds. The molecule has 0 spiro atoms. The zero-order chi connectivity index (χ0) is 19.6. The van der Waals surface area contributed by atoms with Crippen LogP contribution < -0.4 is 5.32 Å². The van der Waals surface area contributed by atoms with Crippen molar-refractivity contribution in [3.8, 4) is 11.5 Å². The number of aromatic nitrogens is 1. The predicted octanol–water partition coefficient (Wildman–Crippen LogP) is 5.00. The average Bonchev–Trinajstić information content (AvgIpc) is 3.07. The smallest absolute Gasteiger partial charge is 0.234 e. The zero-order valence-corrected chi connectivity index (χ0v) is 16.8. The second-order valence-electron chi connectivity index (χ2n) is 6.79. The van der Waals surface area contributed by atoms with Gasteiger partial charge in [0.2, 0.25) is 26.6 Å². The van der Waals surface area contributed by atoms with Gasteiger partial charge >= 0.3 is 0 Å². The van der Waals surface area contributed by atoms with E-state index in [0.717, 1.165) is 23.1 Å². The highest BCUT2D eigenvalue weighted by Crippen LogP contribution is 2.33. The molecule has 0 fully saturated rings. The van der Waals surface area contributed by atoms with E-state index in [1.165, 1.54) is 0 Å². The number of hydrogen-bond donors (Lipinski definition) is 1. The molecule has 1 heterocycles. The van der Waals surface area contributed by atoms with Gasteiger partial charge in [0.1, 0.15) is 0 Å². The Hall–Kier alpha value is -2.60. The SMILES string of the molecule is CCC(C)Nc1oc(-c2ccc(C)cc2)nc1S(=O)(=O)c1ccc(C)cc1. The van der Waals surface area contributed by atoms with Crippen molar-refractivity contribution in [3.63, 3.8) is 0 Å². The normalized spacial score (nSPS) is 12.7. The molecule has 0 saturated carbocycles. The first-order valence-electron chi connectivity index (χ1n) is 8.97. The van der Waals surface area contributed by atoms with Crippen LogP contribution in [0.3, 0.4) is 0 Å². The summed E-state index contributed by atoms with van der Waals surface area (Å²) in [7, 11) is -3.80. The molecule has 0 aliphatic carbocycles. The van der Waals surface area contributed by atoms with E-state index < -0.39 is 9.84 Å². The van der Waals surface area contributed by atoms with Crippen LogP contribution in [0.15, 0.2) is 62.9 Å². The fourth-order valence-corrected chi connectivity index (χ4v) is 3.82. The van der Waals surface area contributed by atoms with Crippen molar-refractivity contribution >= 4 is 15.7 Å². The lowest BCUT2D eigenvalue weighted by Crippen LogP contribution is -2.15. The van der Waals surface area contributed by atoms with E-state index in [1.807, 2.05) is 52.0 Å². The molecule has 1 N–H and O–H groups in total. The summed E-state index contributed by atoms with van der Waals surface area (Å²) in [6, 6.07) is 14.4. The van der Waals surface area contributed by atoms with Gasteiger partial charge in [0.25, 0.3) is 0 Å². The van der Waals surface area contributed by atoms with E-state index in [0.29, 0.717) is 0 Å². The fourth-order valence-electron chi connectivity index (χ4n) is 2.55. The molecule has 142 valence electrons. The number of hydrogen-bond acceptors (Lipinski definition) is 5. The quantitative estimate of drug-likeness (QED) is 0.647. The molecule has 0 saturated heterocycles. The van der Waals surface area contributed by atoms with Crippen LogP contribution in [0.25, 0.3) is 11.5 Å². The van der Waals surface area contributed by atoms with Gasteiger partial charge in [-0.15, -0.1) is 0 Å². The van der Waals surface area contributed by atoms with E-state index in [4.69, 9.17) is 4.42 Å². The number of benzene rings is 2. The number of oxazole rings is 1. The first kappa shape index (κ1) is 19.2. The summed E-state index contributed by atoms with van der Waals surface area (Å²) < 4.78 is 32.2. The monoisotopic (exact) mass is 384 g/mol. The maximum absolute atomic E-state index is 13.2. The van der Waals surface area contributed by atoms with E-state index in [9.17, 15) is 8.42 Å². The third kappa shape index (κ3) is 4.06. The summed E-state index contributed by atoms with van der Waals surface area (Å²) in [5.41, 5.74) is 2.83. The standard InChI is InChI=1S/C21H24N2O3S/c1-5-16(4)22-20-21(27(24,25)18-12-8-15(3)9-13-18)23-19(26-20)17-10-6-14(2)7-11-17/h6-13,16,22H,5H2,1-4H3. The van der Waals surface area contributed by atoms with Gasteiger partial charge in [0, 0.05) is 11.6 Å². The minimum Gasteiger partial charge on any atom is -0.419 e. The molecule has 0 aliphatic heterocycles. The highest BCUT2D eigenvalue weighted by Gasteiger charge is 2.29. The van der Waals surface area contributed by atoms with Crippen molar-refractivity contribution < 1.29 is 12.8 Å². The summed E-state index contributed by atoms with van der Waals surface area (Å²) in [5.74, 6) is 0.465. The number of rotatable bonds is 6. The third-order valence-corrected chi connectivity index (χ3v) is 6.15. The van der Waals surface area contributed by atoms with Crippen LogP contribution >= 0.6 is 0 Å². The van der Waals surface area contributed by atoms with Crippen molar-refractivity contribution in [1.82, 2.24) is 4.98 Å². The Morgan fingerprint density at radius 3 is 2.11 bits per heavy atom. The molecule has 5 nitrogen and oxygen atoms in total. The van der Waals surface area contributed by atoms with Gasteiger partial charge in [0.15, 0.2) is 0 Å². The molecular formula is C21H24N2O3S. The van der Waals surface area contributed by atoms with Gasteiger partial charge in [-0.25, -0.2) is 8.42 Å². The Morgan fingerprint density at radius 2 is 1.56 bits per heavy atom. The zero-order valence-electron chi connectivity index (χ0n) is 16.0. The lowest BCUT2D eigenvalue weighted by molar-refractivity contribution is 0.566. The van der Waals surface area contributed by atoms with Gasteiger partial charge in [0.05, 0.1) is 4.90 Å². The fraction of sp³-hybridized carbons (Fsp3) is 0.286. The van der Waals surface area contributed by atoms with Crippen LogP contribution in [0, 0.1) is 13.8 Å². The first-order chi connectivity index (χ1) is 12.8. The molecule has 0 aliphatic rings. The lowest BCUT2D eigenvalue weighted by Gasteiger charge is -2.11. The van der Waals surface area contributed by atoms with E-state index in [-0.39, 0.29) is 27.7 Å². The van der Waals surface area contributed by atoms with Crippen LogP contribution in [0.2, 0.25) is 0 Å². The Labute approximate surface area is 160 Å². The molecule has 2 aromatic carbocycles. The van der Waals surface area contributed by atoms with Crippen LogP contribution in [-0.4, -0.2) is 19.4 Å². The highest BCUT2D eigenvalue weighted by atomic mass is 32.2. The number of nitrogens with one attached hydrogen (secondary N) is 1. The van der Waals surface area contributed by atoms with Crippen LogP contribution in [-0.2, 0) is 9.84 Å². The van der Waals surface area contributed by atoms with Crippen molar-refractivity contribution in [3.05, 3.63) is 59.7 Å². The van der Waals surface area contributed by atoms with Gasteiger partial charge in [-0.3, -0.25) is 0 Å². The molecule has 3 rings (SSSR count). The summed E-state index contributed by atoms with van der Waals surface area (Å²) in [6.45, 7) is 7.89. The van der Waals surface area contributed by atoms with Gasteiger partial charge in [-0.1, -0.05) is 42.3 Å². The van der Waals surface area contributed by atoms with Gasteiger partial charge in [-0.05, 0) is 51.5 Å². The third-order valence-electron chi connectivity index (χ3n) is 4.47. The molecule has 3 aromatic rings. The number of sulfone groups is 1. The number of anilines is 1. The molecule has 27 heavy (non-hydrogen) atoms. The Bertz CT molecular complexity index is 1020. The van der Waals surface area contributed by atoms with E-state index in [2.05, 4.69) is 10.3 Å². The van der Waals surface area contributed by atoms with Crippen LogP contribution in [0.5, 0.6) is 0 Å². The number of aryl methyl sites for hydroxylation is 2. The molecule has 1 atom stereocenters. The second-order valence-corrected chi connectivity index (χ2v) is 8.65. The predicted molar refractivity (Wildman–Crippen MR) is 107 cm³/mol. The number of nitrogens with zero attached hydrogens (tertiary/aromatic N) is 1. The maximum Gasteiger partial charge on any atom is 0.234 e. The summed E-state index contributed by atoms with van der Waals surface area (Å²) in [4.78, 5) is 4.55. The Morgan fingerprint density at radius 1 is 1.00 bits per heavy atom. The van der Waals surface area contributed by atoms with E-state index in [1.54, 1.807) is 24.3 Å². The van der Waals surface area contributed by atoms with Crippen molar-refractivity contribution in [2.24, 2.45) is 0 Å². The summed E-state index contributed by atoms with van der Waals surface area (Å²) >= 11 is 0. The minimum atomic E-state index is -3.80. The second kappa shape index (κ2) is 7.56. The molecular weight excluding hydrogens is 360 g/mol. The molecule has 1 unspecified atom stereocenters. The van der Waals surface area contributed by atoms with Crippen LogP contribution in [0.1, 0.15) is 31.4 Å². The van der Waals surface area contributed by atoms with Crippen LogP contribution in [0.4, 0.5) is 5.88 Å². The van der Waals surface area contributed by atoms with Crippen molar-refractivity contribution in [2.75, 3.05) is 5.32 Å². The van der Waals surface area contributed by atoms with Crippen molar-refractivity contribution in [1.29, 1.82) is 0 Å². The summed E-state index contributed by atoms with van der Waals surface area (Å²) in [5, 5.41) is 3.06. The average molecular weight is 385 g/mol. The Balaban J connectivity index is 2.11. The molecule has 0 radical (unpaired) electrons. The van der Waals surface area contributed by atoms with Gasteiger partial charge in [-0.2, -0.15) is 4.98 Å². The largest absolute Gasteiger partial charge is 0.419 e.